The summed E-state index contributed by atoms with van der Waals surface area (Å²) < 4.78 is 25.2. The zero-order valence-electron chi connectivity index (χ0n) is 18.9. The number of carbonyl (C=O) groups is 1. The summed E-state index contributed by atoms with van der Waals surface area (Å²) in [4.78, 5) is 16.2. The van der Waals surface area contributed by atoms with Gasteiger partial charge in [-0.15, -0.1) is 0 Å². The van der Waals surface area contributed by atoms with E-state index in [-0.39, 0.29) is 24.6 Å². The molecular formula is C22H37FN3O4+. The van der Waals surface area contributed by atoms with Crippen LogP contribution in [0.2, 0.25) is 0 Å². The van der Waals surface area contributed by atoms with Crippen LogP contribution in [0, 0.1) is 5.82 Å². The standard InChI is InChI=1S/C20H30FN3O4.C2H6/c1-20(2,3)28-19(25)24-11-16(12-24)23-8-6-17(7-9-23)27-13-14-4-5-15(22-26)10-18(14)21;1-2/h4-5,10,16-17,22,26H,6-9,11-13H2,1-3H3;1-2H3/p+1. The van der Waals surface area contributed by atoms with Crippen LogP contribution in [0.5, 0.6) is 0 Å². The Morgan fingerprint density at radius 2 is 1.87 bits per heavy atom. The number of halogens is 1. The van der Waals surface area contributed by atoms with E-state index < -0.39 is 5.60 Å². The third kappa shape index (κ3) is 6.91. The lowest BCUT2D eigenvalue weighted by Gasteiger charge is -2.47. The highest BCUT2D eigenvalue weighted by Gasteiger charge is 2.38. The molecule has 0 bridgehead atoms. The molecule has 170 valence electrons. The largest absolute Gasteiger partial charge is 0.444 e. The van der Waals surface area contributed by atoms with Crippen LogP contribution in [-0.2, 0) is 16.1 Å². The summed E-state index contributed by atoms with van der Waals surface area (Å²) >= 11 is 0. The first-order valence-corrected chi connectivity index (χ1v) is 10.8. The molecule has 8 heteroatoms. The summed E-state index contributed by atoms with van der Waals surface area (Å²) in [6.45, 7) is 13.1. The predicted molar refractivity (Wildman–Crippen MR) is 112 cm³/mol. The number of piperidine rings is 1. The molecule has 0 spiro atoms. The molecule has 2 fully saturated rings. The number of ether oxygens (including phenoxy) is 2. The van der Waals surface area contributed by atoms with E-state index in [1.165, 1.54) is 6.07 Å². The Balaban J connectivity index is 0.00000155. The molecule has 1 amide bonds. The molecular weight excluding hydrogens is 389 g/mol. The fourth-order valence-electron chi connectivity index (χ4n) is 3.54. The second-order valence-electron chi connectivity index (χ2n) is 8.57. The van der Waals surface area contributed by atoms with Crippen LogP contribution in [0.25, 0.3) is 0 Å². The van der Waals surface area contributed by atoms with E-state index in [2.05, 4.69) is 4.90 Å². The Morgan fingerprint density at radius 1 is 1.23 bits per heavy atom. The predicted octanol–water partition coefficient (Wildman–Crippen LogP) is 3.04. The van der Waals surface area contributed by atoms with Gasteiger partial charge < -0.3 is 14.4 Å². The lowest BCUT2D eigenvalue weighted by Crippen LogP contribution is -2.73. The summed E-state index contributed by atoms with van der Waals surface area (Å²) in [5.74, 6) is -0.364. The first-order valence-electron chi connectivity index (χ1n) is 10.8. The maximum Gasteiger partial charge on any atom is 0.410 e. The summed E-state index contributed by atoms with van der Waals surface area (Å²) in [7, 11) is 0. The number of benzene rings is 1. The second-order valence-corrected chi connectivity index (χ2v) is 8.57. The summed E-state index contributed by atoms with van der Waals surface area (Å²) in [5.41, 5.74) is 1.36. The Morgan fingerprint density at radius 3 is 2.40 bits per heavy atom. The van der Waals surface area contributed by atoms with Gasteiger partial charge in [-0.05, 0) is 39.7 Å². The highest BCUT2D eigenvalue weighted by atomic mass is 19.1. The van der Waals surface area contributed by atoms with E-state index in [1.54, 1.807) is 17.0 Å². The molecule has 3 rings (SSSR count). The summed E-state index contributed by atoms with van der Waals surface area (Å²) in [6.07, 6.45) is 1.66. The Bertz CT molecular complexity index is 681. The highest BCUT2D eigenvalue weighted by molar-refractivity contribution is 5.69. The van der Waals surface area contributed by atoms with Crippen molar-refractivity contribution < 1.29 is 29.3 Å². The molecule has 2 heterocycles. The molecule has 0 aromatic heterocycles. The zero-order valence-corrected chi connectivity index (χ0v) is 18.9. The van der Waals surface area contributed by atoms with Crippen LogP contribution >= 0.6 is 0 Å². The maximum atomic E-state index is 14.0. The molecule has 30 heavy (non-hydrogen) atoms. The van der Waals surface area contributed by atoms with Gasteiger partial charge in [-0.1, -0.05) is 13.8 Å². The van der Waals surface area contributed by atoms with E-state index >= 15 is 0 Å². The van der Waals surface area contributed by atoms with Gasteiger partial charge in [-0.3, -0.25) is 4.90 Å². The molecule has 0 unspecified atom stereocenters. The number of amides is 1. The van der Waals surface area contributed by atoms with Crippen molar-refractivity contribution in [1.82, 2.24) is 9.80 Å². The number of rotatable bonds is 5. The lowest BCUT2D eigenvalue weighted by atomic mass is 10.0. The van der Waals surface area contributed by atoms with E-state index in [1.807, 2.05) is 34.6 Å². The van der Waals surface area contributed by atoms with Crippen molar-refractivity contribution in [2.24, 2.45) is 0 Å². The summed E-state index contributed by atoms with van der Waals surface area (Å²) in [5, 5.41) is 8.92. The fourth-order valence-corrected chi connectivity index (χ4v) is 3.54. The van der Waals surface area contributed by atoms with Crippen LogP contribution < -0.4 is 5.48 Å². The first kappa shape index (κ1) is 24.5. The Hall–Kier alpha value is -1.74. The topological polar surface area (TPSA) is 78.9 Å². The molecule has 2 aliphatic rings. The third-order valence-electron chi connectivity index (χ3n) is 5.21. The van der Waals surface area contributed by atoms with Crippen molar-refractivity contribution in [1.29, 1.82) is 0 Å². The Labute approximate surface area is 179 Å². The van der Waals surface area contributed by atoms with Gasteiger partial charge in [0.05, 0.1) is 12.7 Å². The number of quaternary nitrogens is 1. The van der Waals surface area contributed by atoms with Crippen molar-refractivity contribution in [2.75, 3.05) is 26.2 Å². The quantitative estimate of drug-likeness (QED) is 0.559. The molecule has 0 saturated carbocycles. The van der Waals surface area contributed by atoms with Gasteiger partial charge in [0, 0.05) is 49.9 Å². The molecule has 0 aliphatic carbocycles. The number of carbonyl (C=O) groups excluding carboxylic acids is 1. The SMILES string of the molecule is CC.CC(C)(C)OC(=O)N1CC(N2CCC(OCc3ccc([NH2+]O)cc3F)CC2)C1. The molecule has 1 aromatic carbocycles. The molecule has 3 N–H and O–H groups in total. The van der Waals surface area contributed by atoms with Gasteiger partial charge in [-0.25, -0.2) is 14.4 Å². The van der Waals surface area contributed by atoms with Crippen LogP contribution in [-0.4, -0.2) is 65.0 Å². The average molecular weight is 427 g/mol. The number of hydrogen-bond acceptors (Lipinski definition) is 5. The molecule has 2 saturated heterocycles. The third-order valence-corrected chi connectivity index (χ3v) is 5.21. The van der Waals surface area contributed by atoms with Crippen LogP contribution in [0.3, 0.4) is 0 Å². The first-order chi connectivity index (χ1) is 14.2. The molecule has 1 aromatic rings. The molecule has 7 nitrogen and oxygen atoms in total. The summed E-state index contributed by atoms with van der Waals surface area (Å²) in [6, 6.07) is 4.99. The zero-order chi connectivity index (χ0) is 22.3. The molecule has 0 atom stereocenters. The number of likely N-dealkylation sites (tertiary alicyclic amines) is 2. The normalized spacial score (nSPS) is 18.4. The van der Waals surface area contributed by atoms with E-state index in [0.717, 1.165) is 31.4 Å². The smallest absolute Gasteiger partial charge is 0.410 e. The molecule has 2 aliphatic heterocycles. The van der Waals surface area contributed by atoms with Crippen LogP contribution in [0.15, 0.2) is 18.2 Å². The molecule has 0 radical (unpaired) electrons. The van der Waals surface area contributed by atoms with Crippen molar-refractivity contribution in [2.45, 2.75) is 71.8 Å². The maximum absolute atomic E-state index is 14.0. The van der Waals surface area contributed by atoms with Crippen molar-refractivity contribution >= 4 is 11.8 Å². The van der Waals surface area contributed by atoms with Crippen LogP contribution in [0.4, 0.5) is 14.9 Å². The van der Waals surface area contributed by atoms with Gasteiger partial charge in [0.25, 0.3) is 0 Å². The van der Waals surface area contributed by atoms with E-state index in [9.17, 15) is 9.18 Å². The van der Waals surface area contributed by atoms with Crippen molar-refractivity contribution in [3.05, 3.63) is 29.6 Å². The van der Waals surface area contributed by atoms with E-state index in [0.29, 0.717) is 30.4 Å². The van der Waals surface area contributed by atoms with Crippen molar-refractivity contribution in [3.8, 4) is 0 Å². The minimum Gasteiger partial charge on any atom is -0.444 e. The number of nitrogens with two attached hydrogens (primary N) is 1. The van der Waals surface area contributed by atoms with Crippen LogP contribution in [0.1, 0.15) is 53.0 Å². The number of hydrogen-bond donors (Lipinski definition) is 2. The average Bonchev–Trinajstić information content (AvgIpc) is 2.67. The lowest BCUT2D eigenvalue weighted by molar-refractivity contribution is -0.825. The van der Waals surface area contributed by atoms with Gasteiger partial charge >= 0.3 is 6.09 Å². The van der Waals surface area contributed by atoms with Crippen molar-refractivity contribution in [3.63, 3.8) is 0 Å². The van der Waals surface area contributed by atoms with E-state index in [4.69, 9.17) is 14.7 Å². The Kier molecular flexibility index (Phi) is 9.03. The fraction of sp³-hybridized carbons (Fsp3) is 0.682. The second kappa shape index (κ2) is 11.0. The minimum absolute atomic E-state index is 0.113. The van der Waals surface area contributed by atoms with Gasteiger partial charge in [0.1, 0.15) is 11.4 Å². The van der Waals surface area contributed by atoms with Gasteiger partial charge in [-0.2, -0.15) is 5.48 Å². The number of nitrogens with zero attached hydrogens (tertiary/aromatic N) is 2. The van der Waals surface area contributed by atoms with Gasteiger partial charge in [0.15, 0.2) is 5.69 Å². The highest BCUT2D eigenvalue weighted by Crippen LogP contribution is 2.24. The van der Waals surface area contributed by atoms with Gasteiger partial charge in [0.2, 0.25) is 0 Å². The minimum atomic E-state index is -0.464. The monoisotopic (exact) mass is 426 g/mol.